The van der Waals surface area contributed by atoms with Crippen LogP contribution in [0.1, 0.15) is 17.0 Å². The van der Waals surface area contributed by atoms with Gasteiger partial charge in [0, 0.05) is 6.20 Å². The number of rotatable bonds is 4. The zero-order chi connectivity index (χ0) is 16.4. The number of benzene rings is 1. The first-order chi connectivity index (χ1) is 10.9. The van der Waals surface area contributed by atoms with Crippen LogP contribution >= 0.6 is 0 Å². The Hall–Kier alpha value is -2.61. The molecule has 3 aromatic rings. The van der Waals surface area contributed by atoms with Crippen LogP contribution in [0.3, 0.4) is 0 Å². The van der Waals surface area contributed by atoms with Crippen LogP contribution in [0.15, 0.2) is 41.3 Å². The lowest BCUT2D eigenvalue weighted by molar-refractivity contribution is -0.136. The number of aromatic amines is 2. The summed E-state index contributed by atoms with van der Waals surface area (Å²) in [7, 11) is 0. The van der Waals surface area contributed by atoms with Crippen molar-refractivity contribution >= 4 is 11.0 Å². The number of alkyl halides is 3. The lowest BCUT2D eigenvalue weighted by atomic mass is 10.2. The standard InChI is InChI=1S/C15H12F3N3O2/c16-15(17,18)10-6-19-14(22)13-12(10)20-11(21-13)8-23-7-9-4-2-1-3-5-9/h1-6H,7-8H2,(H,19,22)(H,20,21). The van der Waals surface area contributed by atoms with E-state index in [4.69, 9.17) is 4.74 Å². The second kappa shape index (κ2) is 5.88. The molecule has 0 fully saturated rings. The third kappa shape index (κ3) is 3.26. The minimum absolute atomic E-state index is 0.0275. The number of nitrogens with zero attached hydrogens (tertiary/aromatic N) is 1. The lowest BCUT2D eigenvalue weighted by Gasteiger charge is -2.05. The van der Waals surface area contributed by atoms with Gasteiger partial charge >= 0.3 is 6.18 Å². The number of hydrogen-bond donors (Lipinski definition) is 2. The first-order valence-corrected chi connectivity index (χ1v) is 6.74. The van der Waals surface area contributed by atoms with Gasteiger partial charge in [-0.3, -0.25) is 4.79 Å². The molecule has 0 aliphatic carbocycles. The quantitative estimate of drug-likeness (QED) is 0.775. The average molecular weight is 323 g/mol. The first-order valence-electron chi connectivity index (χ1n) is 6.74. The summed E-state index contributed by atoms with van der Waals surface area (Å²) in [5.74, 6) is 0.165. The topological polar surface area (TPSA) is 70.8 Å². The zero-order valence-electron chi connectivity index (χ0n) is 11.8. The second-order valence-electron chi connectivity index (χ2n) is 4.91. The van der Waals surface area contributed by atoms with E-state index in [0.717, 1.165) is 5.56 Å². The smallest absolute Gasteiger partial charge is 0.369 e. The van der Waals surface area contributed by atoms with Gasteiger partial charge in [-0.2, -0.15) is 13.2 Å². The molecule has 23 heavy (non-hydrogen) atoms. The van der Waals surface area contributed by atoms with Crippen molar-refractivity contribution in [2.24, 2.45) is 0 Å². The van der Waals surface area contributed by atoms with Crippen LogP contribution in [0, 0.1) is 0 Å². The molecule has 2 heterocycles. The van der Waals surface area contributed by atoms with Crippen molar-refractivity contribution in [3.05, 3.63) is 63.8 Å². The molecule has 3 rings (SSSR count). The molecule has 0 amide bonds. The molecule has 0 saturated heterocycles. The minimum atomic E-state index is -4.60. The van der Waals surface area contributed by atoms with Gasteiger partial charge in [0.1, 0.15) is 23.5 Å². The van der Waals surface area contributed by atoms with Crippen LogP contribution in [0.2, 0.25) is 0 Å². The van der Waals surface area contributed by atoms with Crippen molar-refractivity contribution in [1.29, 1.82) is 0 Å². The van der Waals surface area contributed by atoms with Gasteiger partial charge in [-0.05, 0) is 5.56 Å². The normalized spacial score (nSPS) is 12.0. The molecule has 1 aromatic carbocycles. The van der Waals surface area contributed by atoms with Gasteiger partial charge in [0.15, 0.2) is 0 Å². The van der Waals surface area contributed by atoms with Crippen molar-refractivity contribution in [1.82, 2.24) is 15.0 Å². The Morgan fingerprint density at radius 3 is 2.57 bits per heavy atom. The molecule has 0 aliphatic rings. The van der Waals surface area contributed by atoms with Gasteiger partial charge in [-0.15, -0.1) is 0 Å². The van der Waals surface area contributed by atoms with Crippen LogP contribution in [0.4, 0.5) is 13.2 Å². The Morgan fingerprint density at radius 1 is 1.13 bits per heavy atom. The molecule has 0 atom stereocenters. The van der Waals surface area contributed by atoms with Crippen molar-refractivity contribution in [2.45, 2.75) is 19.4 Å². The van der Waals surface area contributed by atoms with E-state index in [9.17, 15) is 18.0 Å². The van der Waals surface area contributed by atoms with Gasteiger partial charge in [0.05, 0.1) is 12.2 Å². The van der Waals surface area contributed by atoms with E-state index in [-0.39, 0.29) is 17.9 Å². The number of hydrogen-bond acceptors (Lipinski definition) is 3. The van der Waals surface area contributed by atoms with Crippen LogP contribution in [-0.4, -0.2) is 15.0 Å². The Bertz CT molecular complexity index is 869. The van der Waals surface area contributed by atoms with E-state index < -0.39 is 22.8 Å². The monoisotopic (exact) mass is 323 g/mol. The number of ether oxygens (including phenoxy) is 1. The molecular formula is C15H12F3N3O2. The van der Waals surface area contributed by atoms with Crippen molar-refractivity contribution in [3.8, 4) is 0 Å². The van der Waals surface area contributed by atoms with Crippen LogP contribution in [0.5, 0.6) is 0 Å². The van der Waals surface area contributed by atoms with Gasteiger partial charge in [-0.25, -0.2) is 4.98 Å². The summed E-state index contributed by atoms with van der Waals surface area (Å²) in [5.41, 5.74) is -1.33. The summed E-state index contributed by atoms with van der Waals surface area (Å²) < 4.78 is 44.2. The SMILES string of the molecule is O=c1[nH]cc(C(F)(F)F)c2nc(COCc3ccccc3)[nH]c12. The van der Waals surface area contributed by atoms with Crippen LogP contribution in [-0.2, 0) is 24.1 Å². The van der Waals surface area contributed by atoms with E-state index in [1.807, 2.05) is 30.3 Å². The largest absolute Gasteiger partial charge is 0.419 e. The number of nitrogens with one attached hydrogen (secondary N) is 2. The molecule has 5 nitrogen and oxygen atoms in total. The summed E-state index contributed by atoms with van der Waals surface area (Å²) in [6.07, 6.45) is -3.97. The van der Waals surface area contributed by atoms with Gasteiger partial charge in [-0.1, -0.05) is 30.3 Å². The number of fused-ring (bicyclic) bond motifs is 1. The average Bonchev–Trinajstić information content (AvgIpc) is 2.92. The van der Waals surface area contributed by atoms with E-state index in [1.54, 1.807) is 0 Å². The molecule has 0 radical (unpaired) electrons. The minimum Gasteiger partial charge on any atom is -0.369 e. The van der Waals surface area contributed by atoms with Crippen LogP contribution < -0.4 is 5.56 Å². The van der Waals surface area contributed by atoms with Crippen molar-refractivity contribution in [3.63, 3.8) is 0 Å². The van der Waals surface area contributed by atoms with E-state index in [0.29, 0.717) is 12.8 Å². The Kier molecular flexibility index (Phi) is 3.91. The molecule has 120 valence electrons. The maximum Gasteiger partial charge on any atom is 0.419 e. The maximum absolute atomic E-state index is 12.9. The molecule has 2 aromatic heterocycles. The Labute approximate surface area is 128 Å². The summed E-state index contributed by atoms with van der Waals surface area (Å²) in [6.45, 7) is 0.265. The van der Waals surface area contributed by atoms with Gasteiger partial charge in [0.2, 0.25) is 0 Å². The van der Waals surface area contributed by atoms with Crippen molar-refractivity contribution < 1.29 is 17.9 Å². The number of aromatic nitrogens is 3. The summed E-state index contributed by atoms with van der Waals surface area (Å²) in [6, 6.07) is 9.31. The van der Waals surface area contributed by atoms with E-state index in [2.05, 4.69) is 15.0 Å². The molecule has 0 aliphatic heterocycles. The third-order valence-electron chi connectivity index (χ3n) is 3.24. The molecule has 0 saturated carbocycles. The molecular weight excluding hydrogens is 311 g/mol. The predicted molar refractivity (Wildman–Crippen MR) is 76.7 cm³/mol. The fraction of sp³-hybridized carbons (Fsp3) is 0.200. The molecule has 0 bridgehead atoms. The summed E-state index contributed by atoms with van der Waals surface area (Å²) in [4.78, 5) is 20.1. The number of H-pyrrole nitrogens is 2. The van der Waals surface area contributed by atoms with E-state index >= 15 is 0 Å². The van der Waals surface area contributed by atoms with Crippen LogP contribution in [0.25, 0.3) is 11.0 Å². The second-order valence-corrected chi connectivity index (χ2v) is 4.91. The third-order valence-corrected chi connectivity index (χ3v) is 3.24. The predicted octanol–water partition coefficient (Wildman–Crippen LogP) is 2.99. The Morgan fingerprint density at radius 2 is 1.87 bits per heavy atom. The molecule has 8 heteroatoms. The molecule has 2 N–H and O–H groups in total. The lowest BCUT2D eigenvalue weighted by Crippen LogP contribution is -2.13. The number of pyridine rings is 1. The molecule has 0 unspecified atom stereocenters. The fourth-order valence-corrected chi connectivity index (χ4v) is 2.18. The summed E-state index contributed by atoms with van der Waals surface area (Å²) in [5, 5.41) is 0. The van der Waals surface area contributed by atoms with Gasteiger partial charge < -0.3 is 14.7 Å². The number of imidazole rings is 1. The first kappa shape index (κ1) is 15.3. The van der Waals surface area contributed by atoms with E-state index in [1.165, 1.54) is 0 Å². The summed E-state index contributed by atoms with van der Waals surface area (Å²) >= 11 is 0. The highest BCUT2D eigenvalue weighted by Crippen LogP contribution is 2.32. The Balaban J connectivity index is 1.83. The highest BCUT2D eigenvalue weighted by atomic mass is 19.4. The van der Waals surface area contributed by atoms with Crippen molar-refractivity contribution in [2.75, 3.05) is 0 Å². The highest BCUT2D eigenvalue weighted by molar-refractivity contribution is 5.78. The fourth-order valence-electron chi connectivity index (χ4n) is 2.18. The van der Waals surface area contributed by atoms with Gasteiger partial charge in [0.25, 0.3) is 5.56 Å². The highest BCUT2D eigenvalue weighted by Gasteiger charge is 2.34. The maximum atomic E-state index is 12.9. The number of halogens is 3. The zero-order valence-corrected chi connectivity index (χ0v) is 11.8. The molecule has 0 spiro atoms.